The third kappa shape index (κ3) is 2.71. The first kappa shape index (κ1) is 13.1. The molecule has 2 aromatic rings. The number of hydrogen-bond acceptors (Lipinski definition) is 0. The maximum atomic E-state index is 3.93. The summed E-state index contributed by atoms with van der Waals surface area (Å²) in [4.78, 5) is 0. The number of rotatable bonds is 4. The van der Waals surface area contributed by atoms with Crippen molar-refractivity contribution < 1.29 is 0 Å². The quantitative estimate of drug-likeness (QED) is 0.573. The largest absolute Gasteiger partial charge is 0.103 e. The van der Waals surface area contributed by atoms with E-state index in [1.807, 2.05) is 6.08 Å². The molecule has 0 unspecified atom stereocenters. The Kier molecular flexibility index (Phi) is 4.33. The van der Waals surface area contributed by atoms with Crippen LogP contribution >= 0.6 is 7.92 Å². The van der Waals surface area contributed by atoms with E-state index in [2.05, 4.69) is 69.0 Å². The molecule has 2 rings (SSSR count). The van der Waals surface area contributed by atoms with E-state index in [0.717, 1.165) is 6.16 Å². The lowest BCUT2D eigenvalue weighted by Gasteiger charge is -2.21. The van der Waals surface area contributed by atoms with Crippen LogP contribution in [0.4, 0.5) is 0 Å². The topological polar surface area (TPSA) is 0 Å². The normalized spacial score (nSPS) is 10.6. The molecule has 0 saturated heterocycles. The zero-order valence-corrected chi connectivity index (χ0v) is 12.0. The van der Waals surface area contributed by atoms with Crippen LogP contribution < -0.4 is 10.6 Å². The predicted octanol–water partition coefficient (Wildman–Crippen LogP) is 3.92. The molecule has 92 valence electrons. The van der Waals surface area contributed by atoms with E-state index in [-0.39, 0.29) is 7.92 Å². The number of hydrogen-bond donors (Lipinski definition) is 0. The van der Waals surface area contributed by atoms with E-state index < -0.39 is 0 Å². The Bertz CT molecular complexity index is 497. The van der Waals surface area contributed by atoms with Gasteiger partial charge in [0.15, 0.2) is 0 Å². The van der Waals surface area contributed by atoms with Gasteiger partial charge in [-0.15, -0.1) is 6.58 Å². The summed E-state index contributed by atoms with van der Waals surface area (Å²) in [6.07, 6.45) is 3.09. The predicted molar refractivity (Wildman–Crippen MR) is 83.6 cm³/mol. The molecule has 0 radical (unpaired) electrons. The summed E-state index contributed by atoms with van der Waals surface area (Å²) in [6.45, 7) is 8.33. The van der Waals surface area contributed by atoms with Gasteiger partial charge in [0.1, 0.15) is 0 Å². The Hall–Kier alpha value is -1.39. The lowest BCUT2D eigenvalue weighted by Crippen LogP contribution is -2.17. The van der Waals surface area contributed by atoms with Crippen LogP contribution in [0.25, 0.3) is 0 Å². The van der Waals surface area contributed by atoms with Crippen molar-refractivity contribution >= 4 is 18.5 Å². The van der Waals surface area contributed by atoms with Gasteiger partial charge in [0.05, 0.1) is 0 Å². The first-order valence-electron chi connectivity index (χ1n) is 6.23. The molecule has 18 heavy (non-hydrogen) atoms. The molecule has 0 fully saturated rings. The van der Waals surface area contributed by atoms with Crippen LogP contribution in [0.1, 0.15) is 11.1 Å². The standard InChI is InChI=1S/C17H19P/c1-4-13-18(16-11-7-5-9-14(16)2)17-12-8-6-10-15(17)3/h4-12H,1,13H2,2-3H3. The lowest BCUT2D eigenvalue weighted by atomic mass is 10.2. The summed E-state index contributed by atoms with van der Waals surface area (Å²) >= 11 is 0. The van der Waals surface area contributed by atoms with Crippen LogP contribution in [-0.2, 0) is 0 Å². The molecule has 0 saturated carbocycles. The number of allylic oxidation sites excluding steroid dienone is 1. The molecular formula is C17H19P. The Balaban J connectivity index is 2.50. The Morgan fingerprint density at radius 1 is 0.889 bits per heavy atom. The Morgan fingerprint density at radius 3 is 1.72 bits per heavy atom. The molecule has 0 bridgehead atoms. The fourth-order valence-electron chi connectivity index (χ4n) is 2.19. The third-order valence-corrected chi connectivity index (χ3v) is 5.91. The fourth-order valence-corrected chi connectivity index (χ4v) is 4.63. The number of benzene rings is 2. The van der Waals surface area contributed by atoms with Crippen molar-refractivity contribution in [3.63, 3.8) is 0 Å². The summed E-state index contributed by atoms with van der Waals surface area (Å²) in [5.41, 5.74) is 2.77. The molecule has 0 N–H and O–H groups in total. The van der Waals surface area contributed by atoms with Gasteiger partial charge >= 0.3 is 0 Å². The summed E-state index contributed by atoms with van der Waals surface area (Å²) in [5.74, 6) is 0. The van der Waals surface area contributed by atoms with Gasteiger partial charge in [-0.2, -0.15) is 0 Å². The van der Waals surface area contributed by atoms with E-state index >= 15 is 0 Å². The highest BCUT2D eigenvalue weighted by Gasteiger charge is 2.15. The minimum atomic E-state index is -0.311. The van der Waals surface area contributed by atoms with Crippen molar-refractivity contribution in [3.8, 4) is 0 Å². The van der Waals surface area contributed by atoms with Gasteiger partial charge < -0.3 is 0 Å². The van der Waals surface area contributed by atoms with Gasteiger partial charge in [-0.1, -0.05) is 54.6 Å². The molecule has 0 heterocycles. The van der Waals surface area contributed by atoms with E-state index in [4.69, 9.17) is 0 Å². The molecular weight excluding hydrogens is 235 g/mol. The maximum absolute atomic E-state index is 3.93. The summed E-state index contributed by atoms with van der Waals surface area (Å²) < 4.78 is 0. The van der Waals surface area contributed by atoms with E-state index in [0.29, 0.717) is 0 Å². The first-order chi connectivity index (χ1) is 8.74. The minimum Gasteiger partial charge on any atom is -0.103 e. The Morgan fingerprint density at radius 2 is 1.33 bits per heavy atom. The van der Waals surface area contributed by atoms with Crippen molar-refractivity contribution in [2.24, 2.45) is 0 Å². The van der Waals surface area contributed by atoms with Crippen molar-refractivity contribution in [2.75, 3.05) is 6.16 Å². The van der Waals surface area contributed by atoms with Crippen molar-refractivity contribution in [1.29, 1.82) is 0 Å². The van der Waals surface area contributed by atoms with Crippen molar-refractivity contribution in [3.05, 3.63) is 72.3 Å². The average Bonchev–Trinajstić information content (AvgIpc) is 2.38. The van der Waals surface area contributed by atoms with Gasteiger partial charge in [-0.3, -0.25) is 0 Å². The summed E-state index contributed by atoms with van der Waals surface area (Å²) in [5, 5.41) is 2.95. The third-order valence-electron chi connectivity index (χ3n) is 3.12. The molecule has 0 aliphatic carbocycles. The van der Waals surface area contributed by atoms with Gasteiger partial charge in [-0.05, 0) is 49.7 Å². The zero-order chi connectivity index (χ0) is 13.0. The number of aryl methyl sites for hydroxylation is 2. The molecule has 2 aromatic carbocycles. The molecule has 0 atom stereocenters. The second-order valence-electron chi connectivity index (χ2n) is 4.47. The molecule has 0 aliphatic heterocycles. The first-order valence-corrected chi connectivity index (χ1v) is 7.76. The van der Waals surface area contributed by atoms with Gasteiger partial charge in [0, 0.05) is 0 Å². The van der Waals surface area contributed by atoms with E-state index in [9.17, 15) is 0 Å². The second-order valence-corrected chi connectivity index (χ2v) is 6.66. The van der Waals surface area contributed by atoms with Gasteiger partial charge in [0.2, 0.25) is 0 Å². The van der Waals surface area contributed by atoms with Crippen LogP contribution in [0.3, 0.4) is 0 Å². The molecule has 0 spiro atoms. The van der Waals surface area contributed by atoms with Crippen LogP contribution in [0.2, 0.25) is 0 Å². The monoisotopic (exact) mass is 254 g/mol. The van der Waals surface area contributed by atoms with Crippen molar-refractivity contribution in [1.82, 2.24) is 0 Å². The highest BCUT2D eigenvalue weighted by atomic mass is 31.1. The van der Waals surface area contributed by atoms with Crippen LogP contribution in [0.5, 0.6) is 0 Å². The SMILES string of the molecule is C=CCP(c1ccccc1C)c1ccccc1C. The fraction of sp³-hybridized carbons (Fsp3) is 0.176. The van der Waals surface area contributed by atoms with Crippen LogP contribution in [0.15, 0.2) is 61.2 Å². The van der Waals surface area contributed by atoms with E-state index in [1.54, 1.807) is 0 Å². The highest BCUT2D eigenvalue weighted by Crippen LogP contribution is 2.35. The molecule has 0 amide bonds. The van der Waals surface area contributed by atoms with Gasteiger partial charge in [-0.25, -0.2) is 0 Å². The maximum Gasteiger partial charge on any atom is -0.00667 e. The molecule has 0 aromatic heterocycles. The molecule has 0 nitrogen and oxygen atoms in total. The minimum absolute atomic E-state index is 0.311. The van der Waals surface area contributed by atoms with Gasteiger partial charge in [0.25, 0.3) is 0 Å². The molecule has 0 aliphatic rings. The average molecular weight is 254 g/mol. The van der Waals surface area contributed by atoms with Crippen molar-refractivity contribution in [2.45, 2.75) is 13.8 Å². The zero-order valence-electron chi connectivity index (χ0n) is 11.1. The summed E-state index contributed by atoms with van der Waals surface area (Å²) in [6, 6.07) is 17.4. The van der Waals surface area contributed by atoms with E-state index in [1.165, 1.54) is 21.7 Å². The highest BCUT2D eigenvalue weighted by molar-refractivity contribution is 7.73. The smallest absolute Gasteiger partial charge is 0.00667 e. The second kappa shape index (κ2) is 5.98. The summed E-state index contributed by atoms with van der Waals surface area (Å²) in [7, 11) is -0.311. The Labute approximate surface area is 111 Å². The molecule has 1 heteroatoms. The van der Waals surface area contributed by atoms with Crippen LogP contribution in [-0.4, -0.2) is 6.16 Å². The lowest BCUT2D eigenvalue weighted by molar-refractivity contribution is 1.50. The van der Waals surface area contributed by atoms with Crippen LogP contribution in [0, 0.1) is 13.8 Å².